The van der Waals surface area contributed by atoms with Crippen LogP contribution in [0.4, 0.5) is 0 Å². The van der Waals surface area contributed by atoms with E-state index in [-0.39, 0.29) is 24.1 Å². The smallest absolute Gasteiger partial charge is 0.308 e. The standard InChI is InChI=1S/C16H17N3O3S2/c1-10-17-18-16(24-10)23-9-14(20)19-7-12(13(8-19)15(21)22)11-5-3-2-4-6-11/h2-6,12-13H,7-9H2,1H3,(H,21,22)/t12-,13+/m0/s1. The third-order valence-electron chi connectivity index (χ3n) is 4.04. The molecule has 1 aromatic carbocycles. The van der Waals surface area contributed by atoms with Gasteiger partial charge < -0.3 is 10.0 Å². The summed E-state index contributed by atoms with van der Waals surface area (Å²) in [6, 6.07) is 9.54. The monoisotopic (exact) mass is 363 g/mol. The van der Waals surface area contributed by atoms with Crippen LogP contribution in [0.2, 0.25) is 0 Å². The van der Waals surface area contributed by atoms with Gasteiger partial charge in [-0.1, -0.05) is 53.4 Å². The van der Waals surface area contributed by atoms with E-state index in [4.69, 9.17) is 0 Å². The van der Waals surface area contributed by atoms with Crippen molar-refractivity contribution in [1.29, 1.82) is 0 Å². The molecule has 0 saturated carbocycles. The molecule has 2 aromatic rings. The van der Waals surface area contributed by atoms with Crippen LogP contribution in [0.5, 0.6) is 0 Å². The lowest BCUT2D eigenvalue weighted by atomic mass is 9.89. The zero-order valence-electron chi connectivity index (χ0n) is 13.1. The Labute approximate surface area is 147 Å². The van der Waals surface area contributed by atoms with Gasteiger partial charge in [0.05, 0.1) is 11.7 Å². The Kier molecular flexibility index (Phi) is 5.15. The third kappa shape index (κ3) is 3.76. The molecule has 0 spiro atoms. The Morgan fingerprint density at radius 2 is 2.04 bits per heavy atom. The second-order valence-electron chi connectivity index (χ2n) is 5.64. The Morgan fingerprint density at radius 1 is 1.29 bits per heavy atom. The number of carbonyl (C=O) groups is 2. The summed E-state index contributed by atoms with van der Waals surface area (Å²) in [5.41, 5.74) is 0.965. The van der Waals surface area contributed by atoms with Gasteiger partial charge in [-0.25, -0.2) is 0 Å². The Balaban J connectivity index is 1.66. The molecule has 1 aliphatic heterocycles. The summed E-state index contributed by atoms with van der Waals surface area (Å²) in [7, 11) is 0. The first-order chi connectivity index (χ1) is 11.5. The Bertz CT molecular complexity index is 735. The molecule has 126 valence electrons. The van der Waals surface area contributed by atoms with Crippen molar-refractivity contribution in [3.8, 4) is 0 Å². The van der Waals surface area contributed by atoms with Crippen LogP contribution in [0, 0.1) is 12.8 Å². The van der Waals surface area contributed by atoms with Gasteiger partial charge in [-0.05, 0) is 12.5 Å². The maximum atomic E-state index is 12.4. The van der Waals surface area contributed by atoms with Crippen molar-refractivity contribution in [2.45, 2.75) is 17.2 Å². The summed E-state index contributed by atoms with van der Waals surface area (Å²) < 4.78 is 0.759. The van der Waals surface area contributed by atoms with Gasteiger partial charge in [0, 0.05) is 19.0 Å². The van der Waals surface area contributed by atoms with Crippen molar-refractivity contribution in [2.24, 2.45) is 5.92 Å². The van der Waals surface area contributed by atoms with Gasteiger partial charge in [-0.15, -0.1) is 10.2 Å². The number of thioether (sulfide) groups is 1. The number of nitrogens with zero attached hydrogens (tertiary/aromatic N) is 3. The van der Waals surface area contributed by atoms with Crippen molar-refractivity contribution >= 4 is 35.0 Å². The summed E-state index contributed by atoms with van der Waals surface area (Å²) in [6.45, 7) is 2.56. The molecule has 2 heterocycles. The number of aliphatic carboxylic acids is 1. The number of rotatable bonds is 5. The topological polar surface area (TPSA) is 83.4 Å². The van der Waals surface area contributed by atoms with Crippen LogP contribution in [-0.4, -0.2) is 50.9 Å². The molecular formula is C16H17N3O3S2. The second-order valence-corrected chi connectivity index (χ2v) is 8.04. The van der Waals surface area contributed by atoms with E-state index in [0.29, 0.717) is 6.54 Å². The molecule has 1 amide bonds. The quantitative estimate of drug-likeness (QED) is 0.821. The molecule has 1 aliphatic rings. The zero-order valence-corrected chi connectivity index (χ0v) is 14.7. The van der Waals surface area contributed by atoms with Crippen LogP contribution in [0.1, 0.15) is 16.5 Å². The maximum absolute atomic E-state index is 12.4. The van der Waals surface area contributed by atoms with E-state index in [1.807, 2.05) is 37.3 Å². The molecule has 24 heavy (non-hydrogen) atoms. The van der Waals surface area contributed by atoms with Crippen LogP contribution in [0.3, 0.4) is 0 Å². The fraction of sp³-hybridized carbons (Fsp3) is 0.375. The number of carbonyl (C=O) groups excluding carboxylic acids is 1. The Morgan fingerprint density at radius 3 is 2.67 bits per heavy atom. The highest BCUT2D eigenvalue weighted by Crippen LogP contribution is 2.33. The first kappa shape index (κ1) is 16.9. The fourth-order valence-corrected chi connectivity index (χ4v) is 4.57. The summed E-state index contributed by atoms with van der Waals surface area (Å²) in [5, 5.41) is 18.3. The predicted molar refractivity (Wildman–Crippen MR) is 92.3 cm³/mol. The van der Waals surface area contributed by atoms with Crippen LogP contribution in [0.15, 0.2) is 34.7 Å². The summed E-state index contributed by atoms with van der Waals surface area (Å²) in [5.74, 6) is -1.39. The van der Waals surface area contributed by atoms with E-state index in [2.05, 4.69) is 10.2 Å². The number of aryl methyl sites for hydroxylation is 1. The van der Waals surface area contributed by atoms with Crippen LogP contribution < -0.4 is 0 Å². The van der Waals surface area contributed by atoms with Gasteiger partial charge in [0.2, 0.25) is 5.91 Å². The minimum atomic E-state index is -0.855. The molecule has 0 aliphatic carbocycles. The van der Waals surface area contributed by atoms with Gasteiger partial charge in [-0.3, -0.25) is 9.59 Å². The van der Waals surface area contributed by atoms with Crippen molar-refractivity contribution in [3.63, 3.8) is 0 Å². The van der Waals surface area contributed by atoms with Gasteiger partial charge in [-0.2, -0.15) is 0 Å². The van der Waals surface area contributed by atoms with Crippen molar-refractivity contribution in [2.75, 3.05) is 18.8 Å². The minimum Gasteiger partial charge on any atom is -0.481 e. The maximum Gasteiger partial charge on any atom is 0.308 e. The highest BCUT2D eigenvalue weighted by molar-refractivity contribution is 8.01. The van der Waals surface area contributed by atoms with Crippen LogP contribution in [0.25, 0.3) is 0 Å². The van der Waals surface area contributed by atoms with E-state index < -0.39 is 11.9 Å². The molecule has 1 fully saturated rings. The number of carboxylic acid groups (broad SMARTS) is 1. The molecule has 1 aromatic heterocycles. The molecule has 0 radical (unpaired) electrons. The molecule has 1 saturated heterocycles. The first-order valence-electron chi connectivity index (χ1n) is 7.53. The largest absolute Gasteiger partial charge is 0.481 e. The number of aromatic nitrogens is 2. The molecule has 6 nitrogen and oxygen atoms in total. The minimum absolute atomic E-state index is 0.0578. The second kappa shape index (κ2) is 7.31. The molecule has 1 N–H and O–H groups in total. The lowest BCUT2D eigenvalue weighted by Crippen LogP contribution is -2.31. The number of hydrogen-bond donors (Lipinski definition) is 1. The number of amides is 1. The lowest BCUT2D eigenvalue weighted by Gasteiger charge is -2.16. The van der Waals surface area contributed by atoms with Gasteiger partial charge >= 0.3 is 5.97 Å². The van der Waals surface area contributed by atoms with Crippen molar-refractivity contribution < 1.29 is 14.7 Å². The van der Waals surface area contributed by atoms with Crippen molar-refractivity contribution in [3.05, 3.63) is 40.9 Å². The van der Waals surface area contributed by atoms with Crippen LogP contribution >= 0.6 is 23.1 Å². The van der Waals surface area contributed by atoms with E-state index in [1.54, 1.807) is 4.90 Å². The normalized spacial score (nSPS) is 20.3. The van der Waals surface area contributed by atoms with E-state index >= 15 is 0 Å². The number of hydrogen-bond acceptors (Lipinski definition) is 6. The van der Waals surface area contributed by atoms with Gasteiger partial charge in [0.1, 0.15) is 5.01 Å². The van der Waals surface area contributed by atoms with E-state index in [1.165, 1.54) is 23.1 Å². The summed E-state index contributed by atoms with van der Waals surface area (Å²) >= 11 is 2.80. The number of carboxylic acids is 1. The summed E-state index contributed by atoms with van der Waals surface area (Å²) in [6.07, 6.45) is 0. The third-order valence-corrected chi connectivity index (χ3v) is 6.00. The molecule has 8 heteroatoms. The van der Waals surface area contributed by atoms with Gasteiger partial charge in [0.15, 0.2) is 4.34 Å². The zero-order chi connectivity index (χ0) is 17.1. The fourth-order valence-electron chi connectivity index (χ4n) is 2.85. The number of likely N-dealkylation sites (tertiary alicyclic amines) is 1. The highest BCUT2D eigenvalue weighted by atomic mass is 32.2. The SMILES string of the molecule is Cc1nnc(SCC(=O)N2C[C@@H](C(=O)O)[C@H](c3ccccc3)C2)s1. The average molecular weight is 363 g/mol. The number of benzene rings is 1. The van der Waals surface area contributed by atoms with E-state index in [0.717, 1.165) is 14.9 Å². The molecule has 0 unspecified atom stereocenters. The Hall–Kier alpha value is -1.93. The molecule has 3 rings (SSSR count). The van der Waals surface area contributed by atoms with Crippen molar-refractivity contribution in [1.82, 2.24) is 15.1 Å². The molecular weight excluding hydrogens is 346 g/mol. The highest BCUT2D eigenvalue weighted by Gasteiger charge is 2.40. The average Bonchev–Trinajstić information content (AvgIpc) is 3.20. The van der Waals surface area contributed by atoms with Crippen LogP contribution in [-0.2, 0) is 9.59 Å². The molecule has 2 atom stereocenters. The lowest BCUT2D eigenvalue weighted by molar-refractivity contribution is -0.141. The predicted octanol–water partition coefficient (Wildman–Crippen LogP) is 2.27. The van der Waals surface area contributed by atoms with E-state index in [9.17, 15) is 14.7 Å². The van der Waals surface area contributed by atoms with Gasteiger partial charge in [0.25, 0.3) is 0 Å². The molecule has 0 bridgehead atoms. The first-order valence-corrected chi connectivity index (χ1v) is 9.33. The summed E-state index contributed by atoms with van der Waals surface area (Å²) in [4.78, 5) is 25.7.